The number of anilines is 1. The van der Waals surface area contributed by atoms with Crippen molar-refractivity contribution in [3.05, 3.63) is 100 Å². The number of esters is 1. The number of ether oxygens (including phenoxy) is 2. The minimum Gasteiger partial charge on any atom is -0.507 e. The van der Waals surface area contributed by atoms with Crippen molar-refractivity contribution in [2.45, 2.75) is 6.04 Å². The van der Waals surface area contributed by atoms with E-state index in [0.717, 1.165) is 0 Å². The number of hydrogen-bond donors (Lipinski definition) is 1. The Kier molecular flexibility index (Phi) is 6.38. The number of Topliss-reactive ketones (excluding diaryl/α,β-unsaturated/α-hetero) is 1. The number of amides is 1. The summed E-state index contributed by atoms with van der Waals surface area (Å²) in [5, 5.41) is 11.5. The summed E-state index contributed by atoms with van der Waals surface area (Å²) >= 11 is 6.08. The number of ketones is 1. The molecule has 0 aromatic heterocycles. The predicted octanol–water partition coefficient (Wildman–Crippen LogP) is 4.76. The van der Waals surface area contributed by atoms with E-state index >= 15 is 0 Å². The van der Waals surface area contributed by atoms with Gasteiger partial charge in [0.15, 0.2) is 0 Å². The molecule has 0 bridgehead atoms. The molecule has 0 radical (unpaired) electrons. The molecule has 1 fully saturated rings. The Morgan fingerprint density at radius 1 is 0.941 bits per heavy atom. The van der Waals surface area contributed by atoms with Crippen LogP contribution in [0.5, 0.6) is 5.75 Å². The number of methoxy groups -OCH3 is 2. The van der Waals surface area contributed by atoms with Gasteiger partial charge in [-0.2, -0.15) is 0 Å². The summed E-state index contributed by atoms with van der Waals surface area (Å²) < 4.78 is 10.0. The Morgan fingerprint density at radius 3 is 2.29 bits per heavy atom. The molecular weight excluding hydrogens is 458 g/mol. The summed E-state index contributed by atoms with van der Waals surface area (Å²) in [7, 11) is 2.78. The van der Waals surface area contributed by atoms with Crippen molar-refractivity contribution in [3.8, 4) is 5.75 Å². The number of carbonyl (C=O) groups is 3. The smallest absolute Gasteiger partial charge is 0.337 e. The first kappa shape index (κ1) is 23.1. The molecule has 4 rings (SSSR count). The third kappa shape index (κ3) is 4.13. The largest absolute Gasteiger partial charge is 0.507 e. The van der Waals surface area contributed by atoms with Crippen LogP contribution in [0.3, 0.4) is 0 Å². The highest BCUT2D eigenvalue weighted by Crippen LogP contribution is 2.43. The molecule has 3 aromatic rings. The quantitative estimate of drug-likeness (QED) is 0.246. The maximum atomic E-state index is 13.2. The van der Waals surface area contributed by atoms with Gasteiger partial charge in [-0.15, -0.1) is 0 Å². The first-order chi connectivity index (χ1) is 16.3. The van der Waals surface area contributed by atoms with Gasteiger partial charge in [-0.05, 0) is 54.1 Å². The number of aliphatic hydroxyl groups excluding tert-OH is 1. The average molecular weight is 478 g/mol. The standard InChI is InChI=1S/C26H20ClNO6/c1-33-20-8-4-5-16(14-20)22-21(23(29)17-6-3-7-18(27)13-17)24(30)25(31)28(22)19-11-9-15(10-12-19)26(32)34-2/h3-14,22,29H,1-2H3/b23-21+. The van der Waals surface area contributed by atoms with E-state index < -0.39 is 23.7 Å². The van der Waals surface area contributed by atoms with Crippen LogP contribution in [0, 0.1) is 0 Å². The van der Waals surface area contributed by atoms with Gasteiger partial charge in [0.1, 0.15) is 11.5 Å². The molecule has 1 heterocycles. The van der Waals surface area contributed by atoms with Crippen LogP contribution < -0.4 is 9.64 Å². The molecule has 1 amide bonds. The van der Waals surface area contributed by atoms with E-state index in [0.29, 0.717) is 33.1 Å². The molecule has 1 atom stereocenters. The first-order valence-corrected chi connectivity index (χ1v) is 10.6. The number of aliphatic hydroxyl groups is 1. The van der Waals surface area contributed by atoms with Crippen molar-refractivity contribution < 1.29 is 29.0 Å². The van der Waals surface area contributed by atoms with Gasteiger partial charge < -0.3 is 14.6 Å². The van der Waals surface area contributed by atoms with Crippen LogP contribution in [-0.2, 0) is 14.3 Å². The van der Waals surface area contributed by atoms with E-state index in [1.165, 1.54) is 37.3 Å². The summed E-state index contributed by atoms with van der Waals surface area (Å²) in [5.41, 5.74) is 1.43. The lowest BCUT2D eigenvalue weighted by atomic mass is 9.95. The van der Waals surface area contributed by atoms with E-state index in [4.69, 9.17) is 21.1 Å². The highest BCUT2D eigenvalue weighted by Gasteiger charge is 2.47. The minimum atomic E-state index is -0.946. The van der Waals surface area contributed by atoms with Crippen LogP contribution >= 0.6 is 11.6 Å². The number of benzene rings is 3. The lowest BCUT2D eigenvalue weighted by Crippen LogP contribution is -2.29. The van der Waals surface area contributed by atoms with E-state index in [-0.39, 0.29) is 11.3 Å². The molecular formula is C26H20ClNO6. The number of carbonyl (C=O) groups excluding carboxylic acids is 3. The van der Waals surface area contributed by atoms with Crippen molar-refractivity contribution in [3.63, 3.8) is 0 Å². The number of hydrogen-bond acceptors (Lipinski definition) is 6. The van der Waals surface area contributed by atoms with E-state index in [1.54, 1.807) is 54.6 Å². The fourth-order valence-corrected chi connectivity index (χ4v) is 4.08. The normalized spacial score (nSPS) is 17.0. The lowest BCUT2D eigenvalue weighted by Gasteiger charge is -2.26. The SMILES string of the molecule is COC(=O)c1ccc(N2C(=O)C(=O)/C(=C(/O)c3cccc(Cl)c3)C2c2cccc(OC)c2)cc1. The van der Waals surface area contributed by atoms with Gasteiger partial charge in [0, 0.05) is 16.3 Å². The molecule has 0 saturated carbocycles. The second-order valence-corrected chi connectivity index (χ2v) is 7.93. The third-order valence-electron chi connectivity index (χ3n) is 5.52. The molecule has 0 aliphatic carbocycles. The van der Waals surface area contributed by atoms with Gasteiger partial charge in [0.05, 0.1) is 31.4 Å². The zero-order chi connectivity index (χ0) is 24.4. The second-order valence-electron chi connectivity index (χ2n) is 7.49. The zero-order valence-electron chi connectivity index (χ0n) is 18.3. The molecule has 1 N–H and O–H groups in total. The highest BCUT2D eigenvalue weighted by atomic mass is 35.5. The molecule has 172 valence electrons. The van der Waals surface area contributed by atoms with Gasteiger partial charge in [-0.3, -0.25) is 14.5 Å². The molecule has 1 aliphatic heterocycles. The van der Waals surface area contributed by atoms with Gasteiger partial charge >= 0.3 is 5.97 Å². The number of rotatable bonds is 5. The maximum Gasteiger partial charge on any atom is 0.337 e. The molecule has 1 saturated heterocycles. The average Bonchev–Trinajstić information content (AvgIpc) is 3.13. The zero-order valence-corrected chi connectivity index (χ0v) is 19.1. The molecule has 0 spiro atoms. The second kappa shape index (κ2) is 9.41. The highest BCUT2D eigenvalue weighted by molar-refractivity contribution is 6.51. The fraction of sp³-hybridized carbons (Fsp3) is 0.115. The van der Waals surface area contributed by atoms with E-state index in [9.17, 15) is 19.5 Å². The third-order valence-corrected chi connectivity index (χ3v) is 5.75. The van der Waals surface area contributed by atoms with Crippen molar-refractivity contribution >= 4 is 40.7 Å². The summed E-state index contributed by atoms with van der Waals surface area (Å²) in [6.07, 6.45) is 0. The van der Waals surface area contributed by atoms with Crippen molar-refractivity contribution in [2.24, 2.45) is 0 Å². The summed E-state index contributed by atoms with van der Waals surface area (Å²) in [6, 6.07) is 18.4. The summed E-state index contributed by atoms with van der Waals surface area (Å²) in [5.74, 6) is -2.02. The van der Waals surface area contributed by atoms with Crippen LogP contribution in [0.15, 0.2) is 78.4 Å². The van der Waals surface area contributed by atoms with Crippen LogP contribution in [0.25, 0.3) is 5.76 Å². The van der Waals surface area contributed by atoms with Gasteiger partial charge in [-0.1, -0.05) is 35.9 Å². The Labute approximate surface area is 200 Å². The monoisotopic (exact) mass is 477 g/mol. The van der Waals surface area contributed by atoms with Crippen LogP contribution in [0.4, 0.5) is 5.69 Å². The van der Waals surface area contributed by atoms with Crippen molar-refractivity contribution in [2.75, 3.05) is 19.1 Å². The molecule has 1 unspecified atom stereocenters. The van der Waals surface area contributed by atoms with Gasteiger partial charge in [0.25, 0.3) is 11.7 Å². The predicted molar refractivity (Wildman–Crippen MR) is 127 cm³/mol. The Balaban J connectivity index is 1.91. The molecule has 7 nitrogen and oxygen atoms in total. The Morgan fingerprint density at radius 2 is 1.65 bits per heavy atom. The van der Waals surface area contributed by atoms with E-state index in [1.807, 2.05) is 0 Å². The van der Waals surface area contributed by atoms with Gasteiger partial charge in [-0.25, -0.2) is 4.79 Å². The van der Waals surface area contributed by atoms with Crippen LogP contribution in [0.1, 0.15) is 27.5 Å². The lowest BCUT2D eigenvalue weighted by molar-refractivity contribution is -0.132. The van der Waals surface area contributed by atoms with Gasteiger partial charge in [0.2, 0.25) is 0 Å². The van der Waals surface area contributed by atoms with Crippen LogP contribution in [0.2, 0.25) is 5.02 Å². The summed E-state index contributed by atoms with van der Waals surface area (Å²) in [6.45, 7) is 0. The van der Waals surface area contributed by atoms with Crippen molar-refractivity contribution in [1.82, 2.24) is 0 Å². The molecule has 34 heavy (non-hydrogen) atoms. The van der Waals surface area contributed by atoms with E-state index in [2.05, 4.69) is 0 Å². The molecule has 3 aromatic carbocycles. The Hall–Kier alpha value is -4.10. The van der Waals surface area contributed by atoms with Crippen LogP contribution in [-0.4, -0.2) is 37.0 Å². The Bertz CT molecular complexity index is 1310. The number of nitrogens with zero attached hydrogens (tertiary/aromatic N) is 1. The molecule has 1 aliphatic rings. The topological polar surface area (TPSA) is 93.1 Å². The number of halogens is 1. The van der Waals surface area contributed by atoms with Crippen molar-refractivity contribution in [1.29, 1.82) is 0 Å². The molecule has 8 heteroatoms. The first-order valence-electron chi connectivity index (χ1n) is 10.2. The summed E-state index contributed by atoms with van der Waals surface area (Å²) in [4.78, 5) is 39.5. The minimum absolute atomic E-state index is 0.0856. The fourth-order valence-electron chi connectivity index (χ4n) is 3.89. The maximum absolute atomic E-state index is 13.2.